The quantitative estimate of drug-likeness (QED) is 0.704. The lowest BCUT2D eigenvalue weighted by Crippen LogP contribution is -2.08. The average molecular weight is 259 g/mol. The molecule has 0 aliphatic rings. The fourth-order valence-corrected chi connectivity index (χ4v) is 1.59. The number of hydrogen-bond acceptors (Lipinski definition) is 1. The zero-order valence-electron chi connectivity index (χ0n) is 8.80. The first kappa shape index (κ1) is 12.5. The molecule has 0 atom stereocenters. The molecule has 18 heavy (non-hydrogen) atoms. The van der Waals surface area contributed by atoms with Gasteiger partial charge in [-0.05, 0) is 18.2 Å². The van der Waals surface area contributed by atoms with Crippen molar-refractivity contribution in [2.24, 2.45) is 0 Å². The van der Waals surface area contributed by atoms with Gasteiger partial charge in [-0.3, -0.25) is 4.98 Å². The second-order valence-electron chi connectivity index (χ2n) is 3.52. The van der Waals surface area contributed by atoms with E-state index in [1.165, 1.54) is 0 Å². The molecule has 0 saturated heterocycles. The van der Waals surface area contributed by atoms with Gasteiger partial charge in [0.05, 0.1) is 11.1 Å². The largest absolute Gasteiger partial charge is 0.418 e. The molecule has 0 unspecified atom stereocenters. The van der Waals surface area contributed by atoms with E-state index in [-0.39, 0.29) is 0 Å². The lowest BCUT2D eigenvalue weighted by atomic mass is 10.0. The van der Waals surface area contributed by atoms with Crippen LogP contribution in [0, 0.1) is 11.6 Å². The van der Waals surface area contributed by atoms with Crippen LogP contribution in [0.4, 0.5) is 22.0 Å². The number of aromatic nitrogens is 1. The Hall–Kier alpha value is -1.98. The molecule has 0 bridgehead atoms. The van der Waals surface area contributed by atoms with Gasteiger partial charge in [0, 0.05) is 18.0 Å². The van der Waals surface area contributed by atoms with Crippen LogP contribution in [0.1, 0.15) is 5.56 Å². The second kappa shape index (κ2) is 4.36. The number of pyridine rings is 1. The maximum Gasteiger partial charge on any atom is 0.418 e. The highest BCUT2D eigenvalue weighted by atomic mass is 19.4. The predicted octanol–water partition coefficient (Wildman–Crippen LogP) is 4.05. The van der Waals surface area contributed by atoms with Gasteiger partial charge in [-0.2, -0.15) is 13.2 Å². The highest BCUT2D eigenvalue weighted by Gasteiger charge is 2.35. The highest BCUT2D eigenvalue weighted by Crippen LogP contribution is 2.38. The van der Waals surface area contributed by atoms with Crippen molar-refractivity contribution < 1.29 is 22.0 Å². The summed E-state index contributed by atoms with van der Waals surface area (Å²) in [6.45, 7) is 0. The van der Waals surface area contributed by atoms with E-state index in [9.17, 15) is 22.0 Å². The molecule has 1 nitrogen and oxygen atoms in total. The fraction of sp³-hybridized carbons (Fsp3) is 0.0833. The summed E-state index contributed by atoms with van der Waals surface area (Å²) in [5.74, 6) is -2.10. The lowest BCUT2D eigenvalue weighted by molar-refractivity contribution is -0.137. The Kier molecular flexibility index (Phi) is 3.02. The molecule has 2 aromatic rings. The van der Waals surface area contributed by atoms with Crippen LogP contribution in [-0.2, 0) is 6.18 Å². The molecule has 94 valence electrons. The zero-order chi connectivity index (χ0) is 13.3. The highest BCUT2D eigenvalue weighted by molar-refractivity contribution is 5.68. The van der Waals surface area contributed by atoms with Crippen molar-refractivity contribution in [2.75, 3.05) is 0 Å². The summed E-state index contributed by atoms with van der Waals surface area (Å²) >= 11 is 0. The normalized spacial score (nSPS) is 11.6. The van der Waals surface area contributed by atoms with Gasteiger partial charge in [-0.1, -0.05) is 6.07 Å². The molecule has 0 N–H and O–H groups in total. The number of alkyl halides is 3. The Labute approximate surface area is 98.9 Å². The van der Waals surface area contributed by atoms with Crippen LogP contribution >= 0.6 is 0 Å². The molecular weight excluding hydrogens is 253 g/mol. The maximum atomic E-state index is 13.5. The number of benzene rings is 1. The van der Waals surface area contributed by atoms with E-state index in [1.54, 1.807) is 0 Å². The van der Waals surface area contributed by atoms with E-state index in [0.29, 0.717) is 6.20 Å². The van der Waals surface area contributed by atoms with Crippen LogP contribution in [0.25, 0.3) is 11.1 Å². The van der Waals surface area contributed by atoms with Gasteiger partial charge < -0.3 is 0 Å². The molecule has 0 aliphatic carbocycles. The van der Waals surface area contributed by atoms with Gasteiger partial charge >= 0.3 is 6.18 Å². The Bertz CT molecular complexity index is 557. The molecule has 6 heteroatoms. The van der Waals surface area contributed by atoms with Gasteiger partial charge in [0.15, 0.2) is 0 Å². The molecule has 0 radical (unpaired) electrons. The molecular formula is C12H6F5N. The third-order valence-corrected chi connectivity index (χ3v) is 2.36. The van der Waals surface area contributed by atoms with Crippen LogP contribution in [0.2, 0.25) is 0 Å². The van der Waals surface area contributed by atoms with Crippen LogP contribution in [0.5, 0.6) is 0 Å². The van der Waals surface area contributed by atoms with Gasteiger partial charge in [0.1, 0.15) is 11.6 Å². The van der Waals surface area contributed by atoms with Crippen molar-refractivity contribution in [2.45, 2.75) is 6.18 Å². The minimum Gasteiger partial charge on any atom is -0.264 e. The maximum absolute atomic E-state index is 13.5. The summed E-state index contributed by atoms with van der Waals surface area (Å²) in [7, 11) is 0. The Morgan fingerprint density at radius 1 is 0.944 bits per heavy atom. The minimum atomic E-state index is -4.72. The van der Waals surface area contributed by atoms with E-state index in [1.807, 2.05) is 0 Å². The van der Waals surface area contributed by atoms with Crippen molar-refractivity contribution >= 4 is 0 Å². The second-order valence-corrected chi connectivity index (χ2v) is 3.52. The summed E-state index contributed by atoms with van der Waals surface area (Å²) < 4.78 is 65.1. The zero-order valence-corrected chi connectivity index (χ0v) is 8.80. The van der Waals surface area contributed by atoms with Crippen molar-refractivity contribution in [3.63, 3.8) is 0 Å². The summed E-state index contributed by atoms with van der Waals surface area (Å²) in [4.78, 5) is 3.33. The van der Waals surface area contributed by atoms with Gasteiger partial charge in [-0.15, -0.1) is 0 Å². The standard InChI is InChI=1S/C12H6F5N/c13-9-2-1-3-10(14)11(9)7-4-5-18-6-8(7)12(15,16)17/h1-6H. The van der Waals surface area contributed by atoms with E-state index in [4.69, 9.17) is 0 Å². The third kappa shape index (κ3) is 2.18. The van der Waals surface area contributed by atoms with Gasteiger partial charge in [0.2, 0.25) is 0 Å². The Morgan fingerprint density at radius 2 is 1.56 bits per heavy atom. The third-order valence-electron chi connectivity index (χ3n) is 2.36. The first-order valence-electron chi connectivity index (χ1n) is 4.87. The van der Waals surface area contributed by atoms with Crippen molar-refractivity contribution in [1.82, 2.24) is 4.98 Å². The molecule has 0 fully saturated rings. The predicted molar refractivity (Wildman–Crippen MR) is 54.6 cm³/mol. The van der Waals surface area contributed by atoms with Crippen LogP contribution < -0.4 is 0 Å². The van der Waals surface area contributed by atoms with Crippen molar-refractivity contribution in [3.05, 3.63) is 53.9 Å². The molecule has 0 spiro atoms. The molecule has 0 saturated carbocycles. The molecule has 0 amide bonds. The summed E-state index contributed by atoms with van der Waals surface area (Å²) in [5, 5.41) is 0. The fourth-order valence-electron chi connectivity index (χ4n) is 1.59. The Balaban J connectivity index is 2.73. The number of halogens is 5. The summed E-state index contributed by atoms with van der Waals surface area (Å²) in [6, 6.07) is 3.82. The average Bonchev–Trinajstić information content (AvgIpc) is 2.28. The topological polar surface area (TPSA) is 12.9 Å². The van der Waals surface area contributed by atoms with Crippen LogP contribution in [0.3, 0.4) is 0 Å². The molecule has 1 aromatic carbocycles. The van der Waals surface area contributed by atoms with Crippen LogP contribution in [-0.4, -0.2) is 4.98 Å². The van der Waals surface area contributed by atoms with Crippen LogP contribution in [0.15, 0.2) is 36.7 Å². The van der Waals surface area contributed by atoms with E-state index in [0.717, 1.165) is 30.5 Å². The molecule has 0 aliphatic heterocycles. The SMILES string of the molecule is Fc1cccc(F)c1-c1ccncc1C(F)(F)F. The first-order valence-corrected chi connectivity index (χ1v) is 4.87. The van der Waals surface area contributed by atoms with Crippen molar-refractivity contribution in [3.8, 4) is 11.1 Å². The van der Waals surface area contributed by atoms with E-state index < -0.39 is 34.5 Å². The Morgan fingerprint density at radius 3 is 2.11 bits per heavy atom. The van der Waals surface area contributed by atoms with Gasteiger partial charge in [0.25, 0.3) is 0 Å². The van der Waals surface area contributed by atoms with E-state index >= 15 is 0 Å². The summed E-state index contributed by atoms with van der Waals surface area (Å²) in [6.07, 6.45) is -3.13. The number of nitrogens with zero attached hydrogens (tertiary/aromatic N) is 1. The molecule has 2 rings (SSSR count). The first-order chi connectivity index (χ1) is 8.41. The van der Waals surface area contributed by atoms with Gasteiger partial charge in [-0.25, -0.2) is 8.78 Å². The lowest BCUT2D eigenvalue weighted by Gasteiger charge is -2.13. The number of rotatable bonds is 1. The molecule has 1 aromatic heterocycles. The molecule has 1 heterocycles. The number of hydrogen-bond donors (Lipinski definition) is 0. The van der Waals surface area contributed by atoms with Crippen molar-refractivity contribution in [1.29, 1.82) is 0 Å². The summed E-state index contributed by atoms with van der Waals surface area (Å²) in [5.41, 5.74) is -2.44. The van der Waals surface area contributed by atoms with E-state index in [2.05, 4.69) is 4.98 Å². The monoisotopic (exact) mass is 259 g/mol. The smallest absolute Gasteiger partial charge is 0.264 e. The minimum absolute atomic E-state index is 0.543.